The molecule has 0 bridgehead atoms. The number of rotatable bonds is 0. The van der Waals surface area contributed by atoms with Crippen molar-refractivity contribution >= 4 is 0 Å². The van der Waals surface area contributed by atoms with E-state index in [2.05, 4.69) is 0 Å². The smallest absolute Gasteiger partial charge is 0.119 e. The van der Waals surface area contributed by atoms with Gasteiger partial charge in [-0.15, -0.1) is 0 Å². The first-order valence-electron chi connectivity index (χ1n) is 4.52. The molecule has 1 N–H and O–H groups in total. The largest absolute Gasteiger partial charge is 0.508 e. The molecule has 0 radical (unpaired) electrons. The lowest BCUT2D eigenvalue weighted by Gasteiger charge is -2.32. The van der Waals surface area contributed by atoms with E-state index in [9.17, 15) is 5.11 Å². The van der Waals surface area contributed by atoms with E-state index < -0.39 is 0 Å². The molecule has 1 aliphatic rings. The molecule has 0 spiro atoms. The lowest BCUT2D eigenvalue weighted by molar-refractivity contribution is -0.0406. The minimum atomic E-state index is -0.147. The fraction of sp³-hybridized carbons (Fsp3) is 0.455. The predicted octanol–water partition coefficient (Wildman–Crippen LogP) is 2.24. The third-order valence-electron chi connectivity index (χ3n) is 2.47. The van der Waals surface area contributed by atoms with Crippen LogP contribution in [-0.2, 0) is 17.8 Å². The number of hydrogen-bond acceptors (Lipinski definition) is 2. The highest BCUT2D eigenvalue weighted by Crippen LogP contribution is 2.32. The van der Waals surface area contributed by atoms with Crippen LogP contribution < -0.4 is 0 Å². The Balaban J connectivity index is 2.44. The summed E-state index contributed by atoms with van der Waals surface area (Å²) in [5, 5.41) is 9.63. The van der Waals surface area contributed by atoms with Crippen LogP contribution in [0.1, 0.15) is 25.0 Å². The zero-order valence-corrected chi connectivity index (χ0v) is 8.00. The fourth-order valence-electron chi connectivity index (χ4n) is 1.71. The summed E-state index contributed by atoms with van der Waals surface area (Å²) in [5.41, 5.74) is 2.00. The summed E-state index contributed by atoms with van der Waals surface area (Å²) in [4.78, 5) is 0. The molecule has 0 aliphatic carbocycles. The van der Waals surface area contributed by atoms with Crippen LogP contribution in [0.2, 0.25) is 0 Å². The maximum atomic E-state index is 9.63. The highest BCUT2D eigenvalue weighted by atomic mass is 16.5. The molecule has 13 heavy (non-hydrogen) atoms. The Bertz CT molecular complexity index is 329. The molecule has 0 amide bonds. The summed E-state index contributed by atoms with van der Waals surface area (Å²) in [5.74, 6) is 0.397. The van der Waals surface area contributed by atoms with Crippen molar-refractivity contribution in [1.29, 1.82) is 0 Å². The van der Waals surface area contributed by atoms with Gasteiger partial charge in [0.15, 0.2) is 0 Å². The van der Waals surface area contributed by atoms with Crippen molar-refractivity contribution in [3.05, 3.63) is 29.3 Å². The molecule has 1 aliphatic heterocycles. The zero-order chi connectivity index (χ0) is 9.47. The van der Waals surface area contributed by atoms with Gasteiger partial charge in [0.1, 0.15) is 5.75 Å². The number of benzene rings is 1. The van der Waals surface area contributed by atoms with Gasteiger partial charge in [-0.1, -0.05) is 12.1 Å². The number of ether oxygens (including phenoxy) is 1. The lowest BCUT2D eigenvalue weighted by atomic mass is 9.91. The second-order valence-electron chi connectivity index (χ2n) is 4.14. The van der Waals surface area contributed by atoms with E-state index in [0.717, 1.165) is 17.5 Å². The summed E-state index contributed by atoms with van der Waals surface area (Å²) in [7, 11) is 0. The number of phenolic OH excluding ortho intramolecular Hbond substituents is 1. The Kier molecular flexibility index (Phi) is 1.81. The van der Waals surface area contributed by atoms with E-state index in [0.29, 0.717) is 12.4 Å². The van der Waals surface area contributed by atoms with Gasteiger partial charge in [-0.25, -0.2) is 0 Å². The van der Waals surface area contributed by atoms with Crippen molar-refractivity contribution in [2.24, 2.45) is 0 Å². The first-order chi connectivity index (χ1) is 6.08. The minimum absolute atomic E-state index is 0.147. The third kappa shape index (κ3) is 1.54. The second-order valence-corrected chi connectivity index (χ2v) is 4.14. The van der Waals surface area contributed by atoms with Gasteiger partial charge < -0.3 is 9.84 Å². The first kappa shape index (κ1) is 8.57. The molecule has 1 aromatic carbocycles. The van der Waals surface area contributed by atoms with Gasteiger partial charge in [0.05, 0.1) is 12.2 Å². The third-order valence-corrected chi connectivity index (χ3v) is 2.47. The van der Waals surface area contributed by atoms with Crippen molar-refractivity contribution in [2.45, 2.75) is 32.5 Å². The van der Waals surface area contributed by atoms with Crippen LogP contribution in [0.3, 0.4) is 0 Å². The summed E-state index contributed by atoms with van der Waals surface area (Å²) in [6.45, 7) is 4.70. The van der Waals surface area contributed by atoms with E-state index in [-0.39, 0.29) is 5.60 Å². The van der Waals surface area contributed by atoms with Gasteiger partial charge in [-0.05, 0) is 25.5 Å². The Morgan fingerprint density at radius 1 is 1.38 bits per heavy atom. The maximum Gasteiger partial charge on any atom is 0.119 e. The lowest BCUT2D eigenvalue weighted by Crippen LogP contribution is -2.31. The van der Waals surface area contributed by atoms with Gasteiger partial charge in [0.2, 0.25) is 0 Å². The molecule has 0 aromatic heterocycles. The molecule has 0 unspecified atom stereocenters. The SMILES string of the molecule is CC1(C)Cc2c(O)cccc2CO1. The van der Waals surface area contributed by atoms with Crippen LogP contribution >= 0.6 is 0 Å². The highest BCUT2D eigenvalue weighted by molar-refractivity contribution is 5.40. The van der Waals surface area contributed by atoms with E-state index in [1.54, 1.807) is 6.07 Å². The predicted molar refractivity (Wildman–Crippen MR) is 50.7 cm³/mol. The summed E-state index contributed by atoms with van der Waals surface area (Å²) < 4.78 is 5.64. The summed E-state index contributed by atoms with van der Waals surface area (Å²) in [6, 6.07) is 5.60. The molecular formula is C11H14O2. The van der Waals surface area contributed by atoms with Crippen molar-refractivity contribution in [1.82, 2.24) is 0 Å². The number of phenols is 1. The summed E-state index contributed by atoms with van der Waals surface area (Å²) in [6.07, 6.45) is 0.787. The number of aromatic hydroxyl groups is 1. The second kappa shape index (κ2) is 2.74. The molecule has 1 aromatic rings. The maximum absolute atomic E-state index is 9.63. The van der Waals surface area contributed by atoms with Gasteiger partial charge in [-0.2, -0.15) is 0 Å². The topological polar surface area (TPSA) is 29.5 Å². The van der Waals surface area contributed by atoms with Gasteiger partial charge in [0.25, 0.3) is 0 Å². The van der Waals surface area contributed by atoms with Gasteiger partial charge >= 0.3 is 0 Å². The molecule has 70 valence electrons. The zero-order valence-electron chi connectivity index (χ0n) is 8.00. The Labute approximate surface area is 78.2 Å². The average Bonchev–Trinajstić information content (AvgIpc) is 2.06. The van der Waals surface area contributed by atoms with Crippen molar-refractivity contribution in [3.63, 3.8) is 0 Å². The van der Waals surface area contributed by atoms with Crippen LogP contribution in [0.15, 0.2) is 18.2 Å². The molecular weight excluding hydrogens is 164 g/mol. The highest BCUT2D eigenvalue weighted by Gasteiger charge is 2.27. The number of hydrogen-bond donors (Lipinski definition) is 1. The average molecular weight is 178 g/mol. The normalized spacial score (nSPS) is 19.5. The van der Waals surface area contributed by atoms with Crippen LogP contribution in [0.4, 0.5) is 0 Å². The fourth-order valence-corrected chi connectivity index (χ4v) is 1.71. The molecule has 2 rings (SSSR count). The monoisotopic (exact) mass is 178 g/mol. The first-order valence-corrected chi connectivity index (χ1v) is 4.52. The van der Waals surface area contributed by atoms with E-state index in [1.807, 2.05) is 26.0 Å². The van der Waals surface area contributed by atoms with Crippen molar-refractivity contribution in [2.75, 3.05) is 0 Å². The molecule has 2 nitrogen and oxygen atoms in total. The van der Waals surface area contributed by atoms with Crippen LogP contribution in [-0.4, -0.2) is 10.7 Å². The molecule has 0 saturated carbocycles. The Morgan fingerprint density at radius 3 is 2.92 bits per heavy atom. The Hall–Kier alpha value is -1.02. The van der Waals surface area contributed by atoms with E-state index >= 15 is 0 Å². The van der Waals surface area contributed by atoms with Gasteiger partial charge in [-0.3, -0.25) is 0 Å². The standard InChI is InChI=1S/C11H14O2/c1-11(2)6-9-8(7-13-11)4-3-5-10(9)12/h3-5,12H,6-7H2,1-2H3. The van der Waals surface area contributed by atoms with Crippen LogP contribution in [0, 0.1) is 0 Å². The summed E-state index contributed by atoms with van der Waals surface area (Å²) >= 11 is 0. The molecule has 0 atom stereocenters. The number of fused-ring (bicyclic) bond motifs is 1. The van der Waals surface area contributed by atoms with E-state index in [1.165, 1.54) is 0 Å². The minimum Gasteiger partial charge on any atom is -0.508 e. The molecule has 0 saturated heterocycles. The van der Waals surface area contributed by atoms with Crippen molar-refractivity contribution < 1.29 is 9.84 Å². The molecule has 1 heterocycles. The molecule has 2 heteroatoms. The van der Waals surface area contributed by atoms with Gasteiger partial charge in [0, 0.05) is 12.0 Å². The quantitative estimate of drug-likeness (QED) is 0.660. The Morgan fingerprint density at radius 2 is 2.15 bits per heavy atom. The molecule has 0 fully saturated rings. The van der Waals surface area contributed by atoms with Crippen LogP contribution in [0.5, 0.6) is 5.75 Å². The van der Waals surface area contributed by atoms with Crippen LogP contribution in [0.25, 0.3) is 0 Å². The van der Waals surface area contributed by atoms with Crippen molar-refractivity contribution in [3.8, 4) is 5.75 Å². The van der Waals surface area contributed by atoms with E-state index in [4.69, 9.17) is 4.74 Å².